The highest BCUT2D eigenvalue weighted by atomic mass is 35.5. The third kappa shape index (κ3) is 7.01. The van der Waals surface area contributed by atoms with Gasteiger partial charge < -0.3 is 15.2 Å². The number of carbonyl (C=O) groups is 2. The summed E-state index contributed by atoms with van der Waals surface area (Å²) in [5, 5.41) is 11.9. The van der Waals surface area contributed by atoms with E-state index < -0.39 is 5.97 Å². The predicted octanol–water partition coefficient (Wildman–Crippen LogP) is 1.60. The normalized spacial score (nSPS) is 16.4. The van der Waals surface area contributed by atoms with Gasteiger partial charge in [0.05, 0.1) is 19.7 Å². The van der Waals surface area contributed by atoms with Crippen LogP contribution in [0.25, 0.3) is 0 Å². The number of carboxylic acids is 1. The smallest absolute Gasteiger partial charge is 0.317 e. The maximum absolute atomic E-state index is 12.5. The van der Waals surface area contributed by atoms with Crippen LogP contribution in [-0.2, 0) is 16.1 Å². The van der Waals surface area contributed by atoms with Gasteiger partial charge in [-0.05, 0) is 44.5 Å². The average molecular weight is 400 g/mol. The molecule has 0 saturated carbocycles. The van der Waals surface area contributed by atoms with E-state index in [1.54, 1.807) is 7.11 Å². The summed E-state index contributed by atoms with van der Waals surface area (Å²) in [6.07, 6.45) is 1.74. The molecule has 27 heavy (non-hydrogen) atoms. The number of carboxylic acid groups (broad SMARTS) is 1. The Hall–Kier alpha value is -1.83. The summed E-state index contributed by atoms with van der Waals surface area (Å²) in [6, 6.07) is 7.70. The lowest BCUT2D eigenvalue weighted by Crippen LogP contribution is -2.51. The largest absolute Gasteiger partial charge is 0.497 e. The molecule has 0 aliphatic carbocycles. The van der Waals surface area contributed by atoms with Crippen LogP contribution in [0.15, 0.2) is 24.3 Å². The van der Waals surface area contributed by atoms with Crippen molar-refractivity contribution in [1.82, 2.24) is 15.1 Å². The third-order valence-electron chi connectivity index (χ3n) is 5.04. The van der Waals surface area contributed by atoms with Crippen LogP contribution in [0.5, 0.6) is 5.75 Å². The Morgan fingerprint density at radius 1 is 1.37 bits per heavy atom. The van der Waals surface area contributed by atoms with Gasteiger partial charge in [-0.2, -0.15) is 0 Å². The van der Waals surface area contributed by atoms with Crippen molar-refractivity contribution in [3.63, 3.8) is 0 Å². The van der Waals surface area contributed by atoms with Crippen LogP contribution >= 0.6 is 12.4 Å². The number of ether oxygens (including phenoxy) is 1. The van der Waals surface area contributed by atoms with Crippen molar-refractivity contribution in [3.05, 3.63) is 29.8 Å². The molecule has 1 atom stereocenters. The van der Waals surface area contributed by atoms with Crippen LogP contribution in [0.2, 0.25) is 0 Å². The molecule has 1 fully saturated rings. The number of nitrogens with zero attached hydrogens (tertiary/aromatic N) is 2. The summed E-state index contributed by atoms with van der Waals surface area (Å²) in [5.41, 5.74) is 0.999. The molecular weight excluding hydrogens is 370 g/mol. The number of aliphatic carboxylic acids is 1. The number of nitrogens with one attached hydrogen (secondary N) is 1. The van der Waals surface area contributed by atoms with Crippen LogP contribution in [0.1, 0.15) is 25.3 Å². The Kier molecular flexibility index (Phi) is 9.55. The molecule has 1 aliphatic heterocycles. The van der Waals surface area contributed by atoms with E-state index >= 15 is 0 Å². The highest BCUT2D eigenvalue weighted by Crippen LogP contribution is 2.18. The highest BCUT2D eigenvalue weighted by molar-refractivity contribution is 5.85. The van der Waals surface area contributed by atoms with E-state index in [0.717, 1.165) is 37.2 Å². The molecule has 1 saturated heterocycles. The molecule has 1 aliphatic rings. The summed E-state index contributed by atoms with van der Waals surface area (Å²) in [5.74, 6) is -0.0253. The Morgan fingerprint density at radius 3 is 2.63 bits per heavy atom. The zero-order valence-corrected chi connectivity index (χ0v) is 17.0. The number of likely N-dealkylation sites (N-methyl/N-ethyl adjacent to an activating group) is 1. The minimum absolute atomic E-state index is 0. The van der Waals surface area contributed by atoms with Gasteiger partial charge in [0.2, 0.25) is 5.91 Å². The van der Waals surface area contributed by atoms with Crippen LogP contribution in [0.3, 0.4) is 0 Å². The van der Waals surface area contributed by atoms with Crippen LogP contribution < -0.4 is 10.1 Å². The number of piperidine rings is 1. The summed E-state index contributed by atoms with van der Waals surface area (Å²) in [6.45, 7) is 4.03. The fourth-order valence-electron chi connectivity index (χ4n) is 3.34. The molecule has 0 bridgehead atoms. The van der Waals surface area contributed by atoms with Crippen molar-refractivity contribution in [2.75, 3.05) is 33.8 Å². The molecule has 7 nitrogen and oxygen atoms in total. The lowest BCUT2D eigenvalue weighted by atomic mass is 10.0. The van der Waals surface area contributed by atoms with E-state index in [1.165, 1.54) is 0 Å². The van der Waals surface area contributed by atoms with Crippen molar-refractivity contribution >= 4 is 24.3 Å². The molecule has 1 aromatic rings. The molecule has 2 N–H and O–H groups in total. The number of benzene rings is 1. The maximum atomic E-state index is 12.5. The molecule has 0 spiro atoms. The first-order valence-electron chi connectivity index (χ1n) is 8.97. The van der Waals surface area contributed by atoms with E-state index in [-0.39, 0.29) is 36.9 Å². The molecule has 152 valence electrons. The quantitative estimate of drug-likeness (QED) is 0.691. The zero-order valence-electron chi connectivity index (χ0n) is 16.2. The topological polar surface area (TPSA) is 82.1 Å². The lowest BCUT2D eigenvalue weighted by Gasteiger charge is -2.38. The Balaban J connectivity index is 0.00000364. The van der Waals surface area contributed by atoms with Crippen molar-refractivity contribution in [3.8, 4) is 5.75 Å². The van der Waals surface area contributed by atoms with E-state index in [0.29, 0.717) is 6.54 Å². The van der Waals surface area contributed by atoms with Gasteiger partial charge in [-0.3, -0.25) is 19.4 Å². The molecule has 8 heteroatoms. The number of hydrogen-bond donors (Lipinski definition) is 2. The summed E-state index contributed by atoms with van der Waals surface area (Å²) >= 11 is 0. The van der Waals surface area contributed by atoms with Gasteiger partial charge in [0.1, 0.15) is 5.75 Å². The molecule has 0 aromatic heterocycles. The third-order valence-corrected chi connectivity index (χ3v) is 5.04. The molecule has 1 amide bonds. The minimum atomic E-state index is -0.805. The number of halogens is 1. The Labute approximate surface area is 167 Å². The van der Waals surface area contributed by atoms with Gasteiger partial charge in [-0.25, -0.2) is 0 Å². The molecular formula is C19H30ClN3O4. The van der Waals surface area contributed by atoms with Crippen molar-refractivity contribution in [2.24, 2.45) is 0 Å². The van der Waals surface area contributed by atoms with Gasteiger partial charge in [-0.15, -0.1) is 12.4 Å². The Morgan fingerprint density at radius 2 is 2.04 bits per heavy atom. The fourth-order valence-corrected chi connectivity index (χ4v) is 3.34. The van der Waals surface area contributed by atoms with E-state index in [1.807, 2.05) is 43.1 Å². The SMILES string of the molecule is COc1cccc(CNC(=O)C(C)N2CCC(N(C)CC(=O)O)CC2)c1.Cl. The van der Waals surface area contributed by atoms with Crippen LogP contribution in [-0.4, -0.2) is 72.7 Å². The summed E-state index contributed by atoms with van der Waals surface area (Å²) in [4.78, 5) is 27.3. The highest BCUT2D eigenvalue weighted by Gasteiger charge is 2.28. The van der Waals surface area contributed by atoms with Gasteiger partial charge in [-0.1, -0.05) is 12.1 Å². The maximum Gasteiger partial charge on any atom is 0.317 e. The molecule has 0 radical (unpaired) electrons. The number of amides is 1. The van der Waals surface area contributed by atoms with Crippen molar-refractivity contribution < 1.29 is 19.4 Å². The number of hydrogen-bond acceptors (Lipinski definition) is 5. The van der Waals surface area contributed by atoms with Gasteiger partial charge in [0.15, 0.2) is 0 Å². The number of carbonyl (C=O) groups excluding carboxylic acids is 1. The first-order chi connectivity index (χ1) is 12.4. The van der Waals surface area contributed by atoms with Crippen LogP contribution in [0.4, 0.5) is 0 Å². The number of methoxy groups -OCH3 is 1. The number of rotatable bonds is 8. The standard InChI is InChI=1S/C19H29N3O4.ClH/c1-14(19(25)20-12-15-5-4-6-17(11-15)26-3)22-9-7-16(8-10-22)21(2)13-18(23)24;/h4-6,11,14,16H,7-10,12-13H2,1-3H3,(H,20,25)(H,23,24);1H. The van der Waals surface area contributed by atoms with Crippen molar-refractivity contribution in [1.29, 1.82) is 0 Å². The van der Waals surface area contributed by atoms with Crippen LogP contribution in [0, 0.1) is 0 Å². The number of likely N-dealkylation sites (tertiary alicyclic amines) is 1. The van der Waals surface area contributed by atoms with Gasteiger partial charge in [0.25, 0.3) is 0 Å². The second-order valence-corrected chi connectivity index (χ2v) is 6.82. The first kappa shape index (κ1) is 23.2. The summed E-state index contributed by atoms with van der Waals surface area (Å²) in [7, 11) is 3.47. The van der Waals surface area contributed by atoms with E-state index in [9.17, 15) is 9.59 Å². The van der Waals surface area contributed by atoms with Gasteiger partial charge >= 0.3 is 5.97 Å². The van der Waals surface area contributed by atoms with Gasteiger partial charge in [0, 0.05) is 25.7 Å². The summed E-state index contributed by atoms with van der Waals surface area (Å²) < 4.78 is 5.20. The molecule has 1 heterocycles. The lowest BCUT2D eigenvalue weighted by molar-refractivity contribution is -0.138. The first-order valence-corrected chi connectivity index (χ1v) is 8.97. The zero-order chi connectivity index (χ0) is 19.1. The van der Waals surface area contributed by atoms with E-state index in [4.69, 9.17) is 9.84 Å². The second kappa shape index (κ2) is 11.1. The average Bonchev–Trinajstić information content (AvgIpc) is 2.65. The van der Waals surface area contributed by atoms with E-state index in [2.05, 4.69) is 10.2 Å². The Bertz CT molecular complexity index is 621. The molecule has 1 aromatic carbocycles. The molecule has 2 rings (SSSR count). The second-order valence-electron chi connectivity index (χ2n) is 6.82. The van der Waals surface area contributed by atoms with Crippen molar-refractivity contribution in [2.45, 2.75) is 38.4 Å². The molecule has 1 unspecified atom stereocenters. The predicted molar refractivity (Wildman–Crippen MR) is 106 cm³/mol. The monoisotopic (exact) mass is 399 g/mol. The fraction of sp³-hybridized carbons (Fsp3) is 0.579. The minimum Gasteiger partial charge on any atom is -0.497 e.